The van der Waals surface area contributed by atoms with Crippen molar-refractivity contribution in [2.75, 3.05) is 19.1 Å². The summed E-state index contributed by atoms with van der Waals surface area (Å²) in [6.07, 6.45) is 2.92. The number of methoxy groups -OCH3 is 1. The van der Waals surface area contributed by atoms with Gasteiger partial charge in [-0.3, -0.25) is 4.79 Å². The fourth-order valence-electron chi connectivity index (χ4n) is 3.85. The summed E-state index contributed by atoms with van der Waals surface area (Å²) in [7, 11) is 3.72. The standard InChI is InChI=1S/C23H28ClN3O2/c1-15-13-23(2,3)27(4)21-12-20(24)17(11-19(15)21)14-25-26-22(28)10-16-6-8-18(29-5)9-7-16/h6-9,11-12,14-15H,10,13H2,1-5H3,(H,26,28)/b25-14+/t15-/m1/s1. The Balaban J connectivity index is 1.69. The van der Waals surface area contributed by atoms with Gasteiger partial charge in [0.2, 0.25) is 5.91 Å². The fraction of sp³-hybridized carbons (Fsp3) is 0.391. The van der Waals surface area contributed by atoms with Gasteiger partial charge >= 0.3 is 0 Å². The van der Waals surface area contributed by atoms with E-state index in [1.807, 2.05) is 30.3 Å². The highest BCUT2D eigenvalue weighted by Crippen LogP contribution is 2.44. The molecule has 0 unspecified atom stereocenters. The first kappa shape index (κ1) is 21.2. The Kier molecular flexibility index (Phi) is 6.18. The number of halogens is 1. The predicted octanol–water partition coefficient (Wildman–Crippen LogP) is 4.76. The number of ether oxygens (including phenoxy) is 1. The Bertz CT molecular complexity index is 922. The molecule has 154 valence electrons. The van der Waals surface area contributed by atoms with Crippen molar-refractivity contribution in [3.63, 3.8) is 0 Å². The van der Waals surface area contributed by atoms with Gasteiger partial charge in [-0.15, -0.1) is 0 Å². The van der Waals surface area contributed by atoms with E-state index in [1.165, 1.54) is 5.56 Å². The molecular weight excluding hydrogens is 386 g/mol. The van der Waals surface area contributed by atoms with Crippen LogP contribution in [-0.4, -0.2) is 31.8 Å². The zero-order chi connectivity index (χ0) is 21.2. The molecule has 1 N–H and O–H groups in total. The molecule has 1 aliphatic rings. The number of nitrogens with one attached hydrogen (secondary N) is 1. The lowest BCUT2D eigenvalue weighted by atomic mass is 9.80. The molecule has 6 heteroatoms. The number of amides is 1. The lowest BCUT2D eigenvalue weighted by molar-refractivity contribution is -0.120. The third-order valence-electron chi connectivity index (χ3n) is 5.67. The van der Waals surface area contributed by atoms with Crippen LogP contribution in [-0.2, 0) is 11.2 Å². The summed E-state index contributed by atoms with van der Waals surface area (Å²) in [4.78, 5) is 14.4. The van der Waals surface area contributed by atoms with Crippen molar-refractivity contribution in [1.29, 1.82) is 0 Å². The lowest BCUT2D eigenvalue weighted by Crippen LogP contribution is -2.45. The molecule has 1 atom stereocenters. The molecule has 2 aromatic carbocycles. The van der Waals surface area contributed by atoms with Gasteiger partial charge in [0.05, 0.1) is 24.8 Å². The summed E-state index contributed by atoms with van der Waals surface area (Å²) in [5, 5.41) is 4.73. The van der Waals surface area contributed by atoms with Gasteiger partial charge in [-0.1, -0.05) is 30.7 Å². The van der Waals surface area contributed by atoms with Gasteiger partial charge in [0.25, 0.3) is 0 Å². The smallest absolute Gasteiger partial charge is 0.244 e. The zero-order valence-corrected chi connectivity index (χ0v) is 18.4. The second-order valence-electron chi connectivity index (χ2n) is 8.23. The van der Waals surface area contributed by atoms with Gasteiger partial charge < -0.3 is 9.64 Å². The molecule has 0 aromatic heterocycles. The van der Waals surface area contributed by atoms with Crippen LogP contribution in [0.25, 0.3) is 0 Å². The molecule has 0 bridgehead atoms. The van der Waals surface area contributed by atoms with E-state index in [-0.39, 0.29) is 17.9 Å². The molecule has 1 heterocycles. The number of anilines is 1. The largest absolute Gasteiger partial charge is 0.497 e. The number of hydrogen-bond acceptors (Lipinski definition) is 4. The molecule has 0 radical (unpaired) electrons. The van der Waals surface area contributed by atoms with E-state index in [2.05, 4.69) is 49.3 Å². The van der Waals surface area contributed by atoms with E-state index in [4.69, 9.17) is 16.3 Å². The van der Waals surface area contributed by atoms with Crippen LogP contribution in [0.1, 0.15) is 49.8 Å². The number of carbonyl (C=O) groups is 1. The summed E-state index contributed by atoms with van der Waals surface area (Å²) in [6, 6.07) is 11.5. The number of fused-ring (bicyclic) bond motifs is 1. The van der Waals surface area contributed by atoms with Gasteiger partial charge in [-0.2, -0.15) is 5.10 Å². The average Bonchev–Trinajstić information content (AvgIpc) is 2.67. The molecule has 1 aliphatic heterocycles. The topological polar surface area (TPSA) is 53.9 Å². The molecule has 3 rings (SSSR count). The molecule has 29 heavy (non-hydrogen) atoms. The van der Waals surface area contributed by atoms with Gasteiger partial charge in [0, 0.05) is 23.8 Å². The Morgan fingerprint density at radius 3 is 2.69 bits per heavy atom. The Labute approximate surface area is 177 Å². The molecule has 5 nitrogen and oxygen atoms in total. The molecule has 2 aromatic rings. The number of benzene rings is 2. The first-order chi connectivity index (χ1) is 13.7. The van der Waals surface area contributed by atoms with E-state index in [0.29, 0.717) is 10.9 Å². The molecular formula is C23H28ClN3O2. The molecule has 1 amide bonds. The molecule has 0 fully saturated rings. The maximum atomic E-state index is 12.1. The predicted molar refractivity (Wildman–Crippen MR) is 119 cm³/mol. The molecule has 0 spiro atoms. The lowest BCUT2D eigenvalue weighted by Gasteiger charge is -2.45. The number of carbonyl (C=O) groups excluding carboxylic acids is 1. The number of rotatable bonds is 5. The third-order valence-corrected chi connectivity index (χ3v) is 6.00. The highest BCUT2D eigenvalue weighted by Gasteiger charge is 2.34. The van der Waals surface area contributed by atoms with Crippen LogP contribution in [0.2, 0.25) is 5.02 Å². The minimum Gasteiger partial charge on any atom is -0.497 e. The van der Waals surface area contributed by atoms with Crippen LogP contribution in [0.4, 0.5) is 5.69 Å². The zero-order valence-electron chi connectivity index (χ0n) is 17.6. The van der Waals surface area contributed by atoms with Crippen LogP contribution in [0.3, 0.4) is 0 Å². The van der Waals surface area contributed by atoms with E-state index < -0.39 is 0 Å². The SMILES string of the molecule is COc1ccc(CC(=O)N/N=C/c2cc3c(cc2Cl)N(C)C(C)(C)C[C@H]3C)cc1. The molecule has 0 saturated carbocycles. The number of nitrogens with zero attached hydrogens (tertiary/aromatic N) is 2. The normalized spacial score (nSPS) is 17.9. The number of hydrogen-bond donors (Lipinski definition) is 1. The minimum atomic E-state index is -0.185. The summed E-state index contributed by atoms with van der Waals surface area (Å²) < 4.78 is 5.12. The Morgan fingerprint density at radius 2 is 2.03 bits per heavy atom. The highest BCUT2D eigenvalue weighted by atomic mass is 35.5. The Morgan fingerprint density at radius 1 is 1.34 bits per heavy atom. The molecule has 0 saturated heterocycles. The van der Waals surface area contributed by atoms with Gasteiger partial charge in [0.1, 0.15) is 5.75 Å². The molecule has 0 aliphatic carbocycles. The van der Waals surface area contributed by atoms with E-state index >= 15 is 0 Å². The van der Waals surface area contributed by atoms with Crippen molar-refractivity contribution < 1.29 is 9.53 Å². The minimum absolute atomic E-state index is 0.0841. The number of hydrazone groups is 1. The summed E-state index contributed by atoms with van der Waals surface area (Å²) >= 11 is 6.50. The van der Waals surface area contributed by atoms with Crippen molar-refractivity contribution in [3.05, 3.63) is 58.1 Å². The monoisotopic (exact) mass is 413 g/mol. The van der Waals surface area contributed by atoms with Crippen molar-refractivity contribution >= 4 is 29.4 Å². The van der Waals surface area contributed by atoms with E-state index in [1.54, 1.807) is 13.3 Å². The summed E-state index contributed by atoms with van der Waals surface area (Å²) in [5.41, 5.74) is 6.76. The Hall–Kier alpha value is -2.53. The van der Waals surface area contributed by atoms with E-state index in [0.717, 1.165) is 29.0 Å². The van der Waals surface area contributed by atoms with Crippen molar-refractivity contribution in [2.45, 2.75) is 45.1 Å². The maximum absolute atomic E-state index is 12.1. The quantitative estimate of drug-likeness (QED) is 0.567. The summed E-state index contributed by atoms with van der Waals surface area (Å²) in [6.45, 7) is 6.72. The maximum Gasteiger partial charge on any atom is 0.244 e. The van der Waals surface area contributed by atoms with Gasteiger partial charge in [0.15, 0.2) is 0 Å². The van der Waals surface area contributed by atoms with Gasteiger partial charge in [-0.05, 0) is 61.6 Å². The van der Waals surface area contributed by atoms with E-state index in [9.17, 15) is 4.79 Å². The van der Waals surface area contributed by atoms with Crippen molar-refractivity contribution in [1.82, 2.24) is 5.43 Å². The van der Waals surface area contributed by atoms with Crippen molar-refractivity contribution in [3.8, 4) is 5.75 Å². The van der Waals surface area contributed by atoms with Gasteiger partial charge in [-0.25, -0.2) is 5.43 Å². The second kappa shape index (κ2) is 8.46. The van der Waals surface area contributed by atoms with Crippen molar-refractivity contribution in [2.24, 2.45) is 5.10 Å². The first-order valence-corrected chi connectivity index (χ1v) is 10.1. The highest BCUT2D eigenvalue weighted by molar-refractivity contribution is 6.33. The van der Waals surface area contributed by atoms with Crippen LogP contribution >= 0.6 is 11.6 Å². The van der Waals surface area contributed by atoms with Crippen LogP contribution in [0, 0.1) is 0 Å². The van der Waals surface area contributed by atoms with Crippen LogP contribution in [0.5, 0.6) is 5.75 Å². The summed E-state index contributed by atoms with van der Waals surface area (Å²) in [5.74, 6) is 0.998. The fourth-order valence-corrected chi connectivity index (χ4v) is 4.05. The second-order valence-corrected chi connectivity index (χ2v) is 8.63. The van der Waals surface area contributed by atoms with Crippen LogP contribution in [0.15, 0.2) is 41.5 Å². The third kappa shape index (κ3) is 4.73. The first-order valence-electron chi connectivity index (χ1n) is 9.73. The average molecular weight is 414 g/mol. The van der Waals surface area contributed by atoms with Crippen LogP contribution < -0.4 is 15.1 Å².